The highest BCUT2D eigenvalue weighted by molar-refractivity contribution is 5.76. The van der Waals surface area contributed by atoms with Gasteiger partial charge in [0, 0.05) is 23.8 Å². The van der Waals surface area contributed by atoms with Crippen LogP contribution in [0.5, 0.6) is 0 Å². The Balaban J connectivity index is 1.56. The van der Waals surface area contributed by atoms with E-state index in [1.165, 1.54) is 18.4 Å². The number of nitrogens with zero attached hydrogens (tertiary/aromatic N) is 3. The summed E-state index contributed by atoms with van der Waals surface area (Å²) in [6.45, 7) is 4.91. The second-order valence-electron chi connectivity index (χ2n) is 7.65. The van der Waals surface area contributed by atoms with Crippen molar-refractivity contribution in [2.75, 3.05) is 6.54 Å². The molecule has 2 aromatic heterocycles. The Labute approximate surface area is 170 Å². The van der Waals surface area contributed by atoms with Gasteiger partial charge in [-0.3, -0.25) is 9.56 Å². The van der Waals surface area contributed by atoms with Crippen molar-refractivity contribution in [1.29, 1.82) is 0 Å². The molecule has 7 nitrogen and oxygen atoms in total. The number of aliphatic imine (C=N–C) groups is 1. The average Bonchev–Trinajstić information content (AvgIpc) is 3.05. The lowest BCUT2D eigenvalue weighted by molar-refractivity contribution is 0.573. The number of hydrogen-bond acceptors (Lipinski definition) is 3. The first-order valence-corrected chi connectivity index (χ1v) is 10.2. The van der Waals surface area contributed by atoms with Crippen LogP contribution in [0.25, 0.3) is 16.7 Å². The standard InChI is InChI=1S/C22H30N6O/c1-15(7-5-3-4-6-12-25-21(23)24)17-8-10-19(11-9-17)28-14-18-13-16(2)26-20(18)27-22(28)29/h8-11,13-15H,3-7,12H2,1-2H3,(H4,23,24,25)(H,26,27,29)/t15-/m1/s1. The third kappa shape index (κ3) is 5.47. The quantitative estimate of drug-likeness (QED) is 0.293. The molecule has 29 heavy (non-hydrogen) atoms. The van der Waals surface area contributed by atoms with Gasteiger partial charge in [-0.1, -0.05) is 38.3 Å². The number of benzene rings is 1. The van der Waals surface area contributed by atoms with Crippen molar-refractivity contribution in [1.82, 2.24) is 14.5 Å². The van der Waals surface area contributed by atoms with Crippen molar-refractivity contribution in [2.24, 2.45) is 16.5 Å². The van der Waals surface area contributed by atoms with Crippen LogP contribution in [0.3, 0.4) is 0 Å². The number of hydrogen-bond donors (Lipinski definition) is 3. The van der Waals surface area contributed by atoms with Crippen molar-refractivity contribution in [3.05, 3.63) is 58.3 Å². The number of guanidine groups is 1. The minimum absolute atomic E-state index is 0.170. The molecule has 0 bridgehead atoms. The van der Waals surface area contributed by atoms with E-state index in [2.05, 4.69) is 34.0 Å². The van der Waals surface area contributed by atoms with E-state index in [1.54, 1.807) is 4.57 Å². The summed E-state index contributed by atoms with van der Waals surface area (Å²) in [5.74, 6) is 0.648. The van der Waals surface area contributed by atoms with E-state index in [1.807, 2.05) is 31.3 Å². The molecule has 0 aliphatic carbocycles. The molecule has 5 N–H and O–H groups in total. The van der Waals surface area contributed by atoms with Crippen LogP contribution >= 0.6 is 0 Å². The molecule has 0 aliphatic heterocycles. The Morgan fingerprint density at radius 1 is 1.17 bits per heavy atom. The third-order valence-corrected chi connectivity index (χ3v) is 5.22. The van der Waals surface area contributed by atoms with Gasteiger partial charge in [0.2, 0.25) is 0 Å². The van der Waals surface area contributed by atoms with Crippen molar-refractivity contribution in [3.8, 4) is 5.69 Å². The molecule has 7 heteroatoms. The summed E-state index contributed by atoms with van der Waals surface area (Å²) in [7, 11) is 0. The maximum absolute atomic E-state index is 12.4. The Morgan fingerprint density at radius 2 is 1.90 bits per heavy atom. The Hall–Kier alpha value is -3.09. The number of aromatic nitrogens is 3. The molecule has 3 rings (SSSR count). The molecular formula is C22H30N6O. The maximum Gasteiger partial charge on any atom is 0.354 e. The van der Waals surface area contributed by atoms with Crippen LogP contribution in [0, 0.1) is 6.92 Å². The van der Waals surface area contributed by atoms with Crippen LogP contribution in [0.15, 0.2) is 46.3 Å². The summed E-state index contributed by atoms with van der Waals surface area (Å²) in [6, 6.07) is 10.2. The van der Waals surface area contributed by atoms with Crippen LogP contribution < -0.4 is 17.2 Å². The van der Waals surface area contributed by atoms with E-state index in [9.17, 15) is 4.79 Å². The number of H-pyrrole nitrogens is 1. The van der Waals surface area contributed by atoms with Gasteiger partial charge in [0.25, 0.3) is 0 Å². The van der Waals surface area contributed by atoms with Crippen LogP contribution in [0.2, 0.25) is 0 Å². The fourth-order valence-corrected chi connectivity index (χ4v) is 3.57. The molecule has 0 fully saturated rings. The van der Waals surface area contributed by atoms with E-state index in [4.69, 9.17) is 11.5 Å². The molecule has 0 radical (unpaired) electrons. The highest BCUT2D eigenvalue weighted by atomic mass is 16.1. The predicted molar refractivity (Wildman–Crippen MR) is 119 cm³/mol. The van der Waals surface area contributed by atoms with Gasteiger partial charge in [0.05, 0.1) is 5.69 Å². The molecule has 0 amide bonds. The number of unbranched alkanes of at least 4 members (excludes halogenated alkanes) is 3. The molecule has 0 unspecified atom stereocenters. The molecule has 1 aromatic carbocycles. The summed E-state index contributed by atoms with van der Waals surface area (Å²) in [4.78, 5) is 23.6. The number of rotatable bonds is 9. The summed E-state index contributed by atoms with van der Waals surface area (Å²) in [5, 5.41) is 0.930. The van der Waals surface area contributed by atoms with E-state index in [-0.39, 0.29) is 11.6 Å². The molecule has 0 saturated heterocycles. The van der Waals surface area contributed by atoms with Crippen LogP contribution in [-0.4, -0.2) is 27.0 Å². The number of aryl methyl sites for hydroxylation is 1. The van der Waals surface area contributed by atoms with Gasteiger partial charge in [-0.05, 0) is 49.4 Å². The van der Waals surface area contributed by atoms with Crippen molar-refractivity contribution < 1.29 is 0 Å². The molecular weight excluding hydrogens is 364 g/mol. The van der Waals surface area contributed by atoms with E-state index < -0.39 is 0 Å². The lowest BCUT2D eigenvalue weighted by atomic mass is 9.94. The number of nitrogens with one attached hydrogen (secondary N) is 1. The van der Waals surface area contributed by atoms with Gasteiger partial charge in [-0.15, -0.1) is 0 Å². The zero-order chi connectivity index (χ0) is 20.8. The van der Waals surface area contributed by atoms with Gasteiger partial charge in [0.15, 0.2) is 5.96 Å². The van der Waals surface area contributed by atoms with E-state index >= 15 is 0 Å². The Morgan fingerprint density at radius 3 is 2.62 bits per heavy atom. The summed E-state index contributed by atoms with van der Waals surface area (Å²) in [5.41, 5.74) is 14.1. The highest BCUT2D eigenvalue weighted by Crippen LogP contribution is 2.23. The first-order valence-electron chi connectivity index (χ1n) is 10.2. The minimum Gasteiger partial charge on any atom is -0.370 e. The van der Waals surface area contributed by atoms with Crippen LogP contribution in [0.1, 0.15) is 56.2 Å². The van der Waals surface area contributed by atoms with Gasteiger partial charge in [0.1, 0.15) is 5.65 Å². The minimum atomic E-state index is -0.277. The summed E-state index contributed by atoms with van der Waals surface area (Å²) < 4.78 is 1.60. The van der Waals surface area contributed by atoms with Gasteiger partial charge < -0.3 is 16.5 Å². The molecule has 3 aromatic rings. The van der Waals surface area contributed by atoms with E-state index in [0.717, 1.165) is 36.0 Å². The number of nitrogens with two attached hydrogens (primary N) is 2. The second kappa shape index (κ2) is 9.41. The highest BCUT2D eigenvalue weighted by Gasteiger charge is 2.09. The lowest BCUT2D eigenvalue weighted by Gasteiger charge is -2.13. The van der Waals surface area contributed by atoms with Gasteiger partial charge >= 0.3 is 5.69 Å². The molecule has 0 saturated carbocycles. The molecule has 0 aliphatic rings. The van der Waals surface area contributed by atoms with Crippen molar-refractivity contribution >= 4 is 17.0 Å². The molecule has 1 atom stereocenters. The van der Waals surface area contributed by atoms with Gasteiger partial charge in [-0.25, -0.2) is 4.79 Å². The SMILES string of the molecule is Cc1cc2cn(-c3ccc([C@H](C)CCCCCCN=C(N)N)cc3)c(=O)nc2[nH]1. The van der Waals surface area contributed by atoms with Gasteiger partial charge in [-0.2, -0.15) is 4.98 Å². The topological polar surface area (TPSA) is 115 Å². The average molecular weight is 395 g/mol. The fraction of sp³-hybridized carbons (Fsp3) is 0.409. The van der Waals surface area contributed by atoms with E-state index in [0.29, 0.717) is 18.1 Å². The molecule has 0 spiro atoms. The summed E-state index contributed by atoms with van der Waals surface area (Å²) in [6.07, 6.45) is 7.50. The fourth-order valence-electron chi connectivity index (χ4n) is 3.57. The van der Waals surface area contributed by atoms with Crippen LogP contribution in [-0.2, 0) is 0 Å². The molecule has 2 heterocycles. The first kappa shape index (κ1) is 20.6. The zero-order valence-corrected chi connectivity index (χ0v) is 17.2. The molecule has 154 valence electrons. The second-order valence-corrected chi connectivity index (χ2v) is 7.65. The maximum atomic E-state index is 12.4. The third-order valence-electron chi connectivity index (χ3n) is 5.22. The Bertz CT molecular complexity index is 1030. The van der Waals surface area contributed by atoms with Crippen LogP contribution in [0.4, 0.5) is 0 Å². The zero-order valence-electron chi connectivity index (χ0n) is 17.2. The smallest absolute Gasteiger partial charge is 0.354 e. The predicted octanol–water partition coefficient (Wildman–Crippen LogP) is 3.35. The Kier molecular flexibility index (Phi) is 6.69. The number of aromatic amines is 1. The summed E-state index contributed by atoms with van der Waals surface area (Å²) >= 11 is 0. The monoisotopic (exact) mass is 394 g/mol. The largest absolute Gasteiger partial charge is 0.370 e. The van der Waals surface area contributed by atoms with Crippen molar-refractivity contribution in [3.63, 3.8) is 0 Å². The first-order chi connectivity index (χ1) is 13.9. The number of fused-ring (bicyclic) bond motifs is 1. The lowest BCUT2D eigenvalue weighted by Crippen LogP contribution is -2.22. The van der Waals surface area contributed by atoms with Crippen molar-refractivity contribution in [2.45, 2.75) is 51.9 Å². The normalized spacial score (nSPS) is 12.2.